The highest BCUT2D eigenvalue weighted by atomic mass is 16.5. The molecule has 5 heteroatoms. The van der Waals surface area contributed by atoms with Crippen LogP contribution < -0.4 is 0 Å². The smallest absolute Gasteiger partial charge is 0.357 e. The van der Waals surface area contributed by atoms with Gasteiger partial charge < -0.3 is 4.74 Å². The van der Waals surface area contributed by atoms with Crippen LogP contribution in [0.1, 0.15) is 34.8 Å². The van der Waals surface area contributed by atoms with Gasteiger partial charge in [0.05, 0.1) is 12.1 Å². The summed E-state index contributed by atoms with van der Waals surface area (Å²) in [6, 6.07) is 9.26. The number of ether oxygens (including phenoxy) is 1. The minimum absolute atomic E-state index is 0.133. The Morgan fingerprint density at radius 3 is 2.59 bits per heavy atom. The molecule has 0 N–H and O–H groups in total. The van der Waals surface area contributed by atoms with Crippen molar-refractivity contribution in [3.05, 3.63) is 47.9 Å². The van der Waals surface area contributed by atoms with Crippen molar-refractivity contribution in [2.45, 2.75) is 13.8 Å². The lowest BCUT2D eigenvalue weighted by Crippen LogP contribution is -2.11. The van der Waals surface area contributed by atoms with Crippen molar-refractivity contribution in [2.75, 3.05) is 6.61 Å². The normalized spacial score (nSPS) is 10.8. The standard InChI is InChI=1S/C17H14N2O3/c1-3-22-17(21)16-14-12(8-9-18-15(14)10(2)20)11-6-4-5-7-13(11)19-16/h4-9H,3H2,1-2H3. The van der Waals surface area contributed by atoms with Crippen molar-refractivity contribution in [1.82, 2.24) is 9.97 Å². The lowest BCUT2D eigenvalue weighted by atomic mass is 10.0. The number of fused-ring (bicyclic) bond motifs is 3. The predicted octanol–water partition coefficient (Wildman–Crippen LogP) is 3.16. The Labute approximate surface area is 126 Å². The molecule has 0 radical (unpaired) electrons. The fourth-order valence-electron chi connectivity index (χ4n) is 2.52. The molecule has 0 saturated heterocycles. The number of nitrogens with zero attached hydrogens (tertiary/aromatic N) is 2. The number of hydrogen-bond acceptors (Lipinski definition) is 5. The lowest BCUT2D eigenvalue weighted by Gasteiger charge is -2.11. The van der Waals surface area contributed by atoms with E-state index >= 15 is 0 Å². The maximum absolute atomic E-state index is 12.3. The second-order valence-electron chi connectivity index (χ2n) is 4.84. The molecule has 0 aliphatic carbocycles. The molecule has 0 amide bonds. The third-order valence-electron chi connectivity index (χ3n) is 3.42. The molecule has 0 bridgehead atoms. The van der Waals surface area contributed by atoms with E-state index in [1.807, 2.05) is 24.3 Å². The first kappa shape index (κ1) is 14.1. The summed E-state index contributed by atoms with van der Waals surface area (Å²) in [5, 5.41) is 2.09. The van der Waals surface area contributed by atoms with Crippen molar-refractivity contribution in [2.24, 2.45) is 0 Å². The van der Waals surface area contributed by atoms with Crippen LogP contribution in [-0.4, -0.2) is 28.3 Å². The van der Waals surface area contributed by atoms with Crippen LogP contribution >= 0.6 is 0 Å². The number of carbonyl (C=O) groups excluding carboxylic acids is 2. The summed E-state index contributed by atoms with van der Waals surface area (Å²) in [4.78, 5) is 32.7. The van der Waals surface area contributed by atoms with E-state index < -0.39 is 5.97 Å². The molecular weight excluding hydrogens is 280 g/mol. The van der Waals surface area contributed by atoms with Gasteiger partial charge in [-0.3, -0.25) is 9.78 Å². The van der Waals surface area contributed by atoms with Crippen molar-refractivity contribution < 1.29 is 14.3 Å². The van der Waals surface area contributed by atoms with E-state index in [1.165, 1.54) is 6.92 Å². The third-order valence-corrected chi connectivity index (χ3v) is 3.42. The van der Waals surface area contributed by atoms with Crippen molar-refractivity contribution in [3.63, 3.8) is 0 Å². The average Bonchev–Trinajstić information content (AvgIpc) is 2.53. The van der Waals surface area contributed by atoms with Crippen LogP contribution in [-0.2, 0) is 4.74 Å². The molecule has 2 heterocycles. The van der Waals surface area contributed by atoms with Crippen LogP contribution in [0.2, 0.25) is 0 Å². The zero-order chi connectivity index (χ0) is 15.7. The van der Waals surface area contributed by atoms with Gasteiger partial charge in [0.2, 0.25) is 0 Å². The molecule has 3 rings (SSSR count). The van der Waals surface area contributed by atoms with Crippen molar-refractivity contribution in [3.8, 4) is 0 Å². The molecule has 1 aromatic carbocycles. The number of aromatic nitrogens is 2. The Bertz CT molecular complexity index is 903. The van der Waals surface area contributed by atoms with Gasteiger partial charge in [0, 0.05) is 23.9 Å². The number of para-hydroxylation sites is 1. The molecule has 5 nitrogen and oxygen atoms in total. The van der Waals surface area contributed by atoms with E-state index in [9.17, 15) is 9.59 Å². The van der Waals surface area contributed by atoms with Gasteiger partial charge in [0.25, 0.3) is 0 Å². The summed E-state index contributed by atoms with van der Waals surface area (Å²) in [5.74, 6) is -0.762. The topological polar surface area (TPSA) is 69.2 Å². The minimum atomic E-state index is -0.547. The number of rotatable bonds is 3. The maximum atomic E-state index is 12.3. The van der Waals surface area contributed by atoms with E-state index in [0.29, 0.717) is 10.9 Å². The van der Waals surface area contributed by atoms with Gasteiger partial charge in [-0.2, -0.15) is 0 Å². The summed E-state index contributed by atoms with van der Waals surface area (Å²) < 4.78 is 5.08. The van der Waals surface area contributed by atoms with Crippen LogP contribution in [0.5, 0.6) is 0 Å². The fourth-order valence-corrected chi connectivity index (χ4v) is 2.52. The SMILES string of the molecule is CCOC(=O)c1nc2ccccc2c2ccnc(C(C)=O)c12. The van der Waals surface area contributed by atoms with Gasteiger partial charge >= 0.3 is 5.97 Å². The Kier molecular flexibility index (Phi) is 3.55. The first-order valence-corrected chi connectivity index (χ1v) is 6.99. The maximum Gasteiger partial charge on any atom is 0.357 e. The fraction of sp³-hybridized carbons (Fsp3) is 0.176. The number of carbonyl (C=O) groups is 2. The first-order chi connectivity index (χ1) is 10.6. The molecular formula is C17H14N2O3. The number of benzene rings is 1. The molecule has 110 valence electrons. The van der Waals surface area contributed by atoms with Crippen molar-refractivity contribution in [1.29, 1.82) is 0 Å². The Morgan fingerprint density at radius 2 is 1.86 bits per heavy atom. The number of hydrogen-bond donors (Lipinski definition) is 0. The molecule has 3 aromatic rings. The predicted molar refractivity (Wildman–Crippen MR) is 83.0 cm³/mol. The van der Waals surface area contributed by atoms with Gasteiger partial charge in [-0.1, -0.05) is 18.2 Å². The van der Waals surface area contributed by atoms with E-state index in [0.717, 1.165) is 10.8 Å². The summed E-state index contributed by atoms with van der Waals surface area (Å²) in [6.45, 7) is 3.39. The zero-order valence-electron chi connectivity index (χ0n) is 12.3. The van der Waals surface area contributed by atoms with Gasteiger partial charge in [-0.25, -0.2) is 9.78 Å². The molecule has 2 aromatic heterocycles. The van der Waals surface area contributed by atoms with Gasteiger partial charge in [-0.05, 0) is 24.4 Å². The zero-order valence-corrected chi connectivity index (χ0v) is 12.3. The molecule has 0 saturated carbocycles. The third kappa shape index (κ3) is 2.20. The molecule has 0 spiro atoms. The van der Waals surface area contributed by atoms with Gasteiger partial charge in [-0.15, -0.1) is 0 Å². The monoisotopic (exact) mass is 294 g/mol. The second-order valence-corrected chi connectivity index (χ2v) is 4.84. The first-order valence-electron chi connectivity index (χ1n) is 6.99. The summed E-state index contributed by atoms with van der Waals surface area (Å²) in [6.07, 6.45) is 1.57. The largest absolute Gasteiger partial charge is 0.461 e. The van der Waals surface area contributed by atoms with E-state index in [2.05, 4.69) is 9.97 Å². The Morgan fingerprint density at radius 1 is 1.09 bits per heavy atom. The molecule has 0 fully saturated rings. The lowest BCUT2D eigenvalue weighted by molar-refractivity contribution is 0.0522. The highest BCUT2D eigenvalue weighted by molar-refractivity contribution is 6.19. The number of esters is 1. The van der Waals surface area contributed by atoms with E-state index in [1.54, 1.807) is 19.2 Å². The van der Waals surface area contributed by atoms with Crippen LogP contribution in [0, 0.1) is 0 Å². The van der Waals surface area contributed by atoms with E-state index in [4.69, 9.17) is 4.74 Å². The van der Waals surface area contributed by atoms with Crippen LogP contribution in [0.25, 0.3) is 21.7 Å². The number of ketones is 1. The summed E-state index contributed by atoms with van der Waals surface area (Å²) >= 11 is 0. The van der Waals surface area contributed by atoms with Gasteiger partial charge in [0.1, 0.15) is 5.69 Å². The molecule has 0 aliphatic rings. The van der Waals surface area contributed by atoms with Crippen molar-refractivity contribution >= 4 is 33.4 Å². The minimum Gasteiger partial charge on any atom is -0.461 e. The number of Topliss-reactive ketones (excluding diaryl/α,β-unsaturated/α-hetero) is 1. The summed E-state index contributed by atoms with van der Waals surface area (Å²) in [5.41, 5.74) is 1.05. The average molecular weight is 294 g/mol. The molecule has 0 unspecified atom stereocenters. The highest BCUT2D eigenvalue weighted by Crippen LogP contribution is 2.28. The quantitative estimate of drug-likeness (QED) is 0.421. The Hall–Kier alpha value is -2.82. The molecule has 0 aliphatic heterocycles. The van der Waals surface area contributed by atoms with Crippen LogP contribution in [0.3, 0.4) is 0 Å². The Balaban J connectivity index is 2.49. The van der Waals surface area contributed by atoms with Crippen LogP contribution in [0.4, 0.5) is 0 Å². The highest BCUT2D eigenvalue weighted by Gasteiger charge is 2.20. The molecule has 22 heavy (non-hydrogen) atoms. The van der Waals surface area contributed by atoms with Gasteiger partial charge in [0.15, 0.2) is 11.5 Å². The second kappa shape index (κ2) is 5.52. The summed E-state index contributed by atoms with van der Waals surface area (Å²) in [7, 11) is 0. The molecule has 0 atom stereocenters. The number of pyridine rings is 2. The van der Waals surface area contributed by atoms with E-state index in [-0.39, 0.29) is 23.8 Å². The van der Waals surface area contributed by atoms with Crippen LogP contribution in [0.15, 0.2) is 36.5 Å².